The predicted molar refractivity (Wildman–Crippen MR) is 81.0 cm³/mol. The Morgan fingerprint density at radius 1 is 1.38 bits per heavy atom. The molecule has 1 aliphatic heterocycles. The topological polar surface area (TPSA) is 57.6 Å². The molecular formula is C17H23NO3. The molecule has 1 saturated heterocycles. The van der Waals surface area contributed by atoms with E-state index in [1.165, 1.54) is 0 Å². The van der Waals surface area contributed by atoms with E-state index in [1.807, 2.05) is 39.0 Å². The molecule has 2 atom stereocenters. The summed E-state index contributed by atoms with van der Waals surface area (Å²) in [6, 6.07) is 5.57. The summed E-state index contributed by atoms with van der Waals surface area (Å²) in [4.78, 5) is 25.8. The molecule has 1 aromatic rings. The third kappa shape index (κ3) is 2.94. The van der Waals surface area contributed by atoms with E-state index in [2.05, 4.69) is 0 Å². The molecule has 1 aliphatic rings. The van der Waals surface area contributed by atoms with Crippen molar-refractivity contribution >= 4 is 11.9 Å². The lowest BCUT2D eigenvalue weighted by Crippen LogP contribution is -2.39. The van der Waals surface area contributed by atoms with Gasteiger partial charge in [0.1, 0.15) is 0 Å². The molecule has 4 nitrogen and oxygen atoms in total. The highest BCUT2D eigenvalue weighted by Crippen LogP contribution is 2.37. The van der Waals surface area contributed by atoms with Gasteiger partial charge in [0.05, 0.1) is 12.0 Å². The van der Waals surface area contributed by atoms with Crippen LogP contribution in [-0.2, 0) is 9.59 Å². The van der Waals surface area contributed by atoms with Crippen molar-refractivity contribution in [2.45, 2.75) is 46.1 Å². The number of rotatable bonds is 3. The van der Waals surface area contributed by atoms with Crippen molar-refractivity contribution in [3.63, 3.8) is 0 Å². The third-order valence-electron chi connectivity index (χ3n) is 4.57. The lowest BCUT2D eigenvalue weighted by atomic mass is 9.86. The van der Waals surface area contributed by atoms with Crippen LogP contribution in [0.1, 0.15) is 48.9 Å². The molecule has 1 amide bonds. The SMILES string of the molecule is CCN1C(=O)CCCC(C(=O)O)C1c1cccc(C)c1C. The van der Waals surface area contributed by atoms with E-state index in [0.717, 1.165) is 16.7 Å². The van der Waals surface area contributed by atoms with Crippen LogP contribution in [0.4, 0.5) is 0 Å². The van der Waals surface area contributed by atoms with Crippen LogP contribution in [-0.4, -0.2) is 28.4 Å². The molecule has 4 heteroatoms. The molecule has 1 fully saturated rings. The van der Waals surface area contributed by atoms with Gasteiger partial charge >= 0.3 is 5.97 Å². The highest BCUT2D eigenvalue weighted by molar-refractivity contribution is 5.80. The molecule has 0 bridgehead atoms. The van der Waals surface area contributed by atoms with Gasteiger partial charge in [0.2, 0.25) is 5.91 Å². The summed E-state index contributed by atoms with van der Waals surface area (Å²) in [7, 11) is 0. The number of nitrogens with zero attached hydrogens (tertiary/aromatic N) is 1. The Morgan fingerprint density at radius 2 is 2.10 bits per heavy atom. The number of carbonyl (C=O) groups excluding carboxylic acids is 1. The van der Waals surface area contributed by atoms with Crippen LogP contribution in [0, 0.1) is 19.8 Å². The minimum Gasteiger partial charge on any atom is -0.481 e. The fourth-order valence-electron chi connectivity index (χ4n) is 3.26. The fraction of sp³-hybridized carbons (Fsp3) is 0.529. The van der Waals surface area contributed by atoms with Crippen molar-refractivity contribution < 1.29 is 14.7 Å². The summed E-state index contributed by atoms with van der Waals surface area (Å²) in [5.74, 6) is -1.28. The molecule has 2 rings (SSSR count). The zero-order valence-corrected chi connectivity index (χ0v) is 12.9. The molecule has 0 aromatic heterocycles. The van der Waals surface area contributed by atoms with Gasteiger partial charge in [-0.25, -0.2) is 0 Å². The van der Waals surface area contributed by atoms with Crippen molar-refractivity contribution in [1.82, 2.24) is 4.90 Å². The number of carboxylic acids is 1. The molecule has 114 valence electrons. The molecule has 0 aliphatic carbocycles. The maximum Gasteiger partial charge on any atom is 0.308 e. The quantitative estimate of drug-likeness (QED) is 0.930. The number of aliphatic carboxylic acids is 1. The Balaban J connectivity index is 2.56. The lowest BCUT2D eigenvalue weighted by Gasteiger charge is -2.34. The summed E-state index contributed by atoms with van der Waals surface area (Å²) in [6.07, 6.45) is 1.64. The number of aryl methyl sites for hydroxylation is 1. The summed E-state index contributed by atoms with van der Waals surface area (Å²) in [6.45, 7) is 6.48. The van der Waals surface area contributed by atoms with Gasteiger partial charge in [0, 0.05) is 13.0 Å². The van der Waals surface area contributed by atoms with E-state index in [0.29, 0.717) is 25.8 Å². The Hall–Kier alpha value is -1.84. The Bertz CT molecular complexity index is 551. The number of amides is 1. The second-order valence-electron chi connectivity index (χ2n) is 5.75. The first kappa shape index (κ1) is 15.5. The number of benzene rings is 1. The zero-order valence-electron chi connectivity index (χ0n) is 12.9. The van der Waals surface area contributed by atoms with Gasteiger partial charge in [-0.3, -0.25) is 9.59 Å². The highest BCUT2D eigenvalue weighted by Gasteiger charge is 2.38. The molecule has 0 radical (unpaired) electrons. The smallest absolute Gasteiger partial charge is 0.308 e. The Labute approximate surface area is 125 Å². The summed E-state index contributed by atoms with van der Waals surface area (Å²) < 4.78 is 0. The van der Waals surface area contributed by atoms with Gasteiger partial charge in [-0.05, 0) is 50.3 Å². The van der Waals surface area contributed by atoms with Gasteiger partial charge in [-0.15, -0.1) is 0 Å². The molecule has 21 heavy (non-hydrogen) atoms. The predicted octanol–water partition coefficient (Wildman–Crippen LogP) is 3.08. The monoisotopic (exact) mass is 289 g/mol. The van der Waals surface area contributed by atoms with Crippen LogP contribution < -0.4 is 0 Å². The maximum atomic E-state index is 12.3. The van der Waals surface area contributed by atoms with Crippen molar-refractivity contribution in [3.05, 3.63) is 34.9 Å². The Kier molecular flexibility index (Phi) is 4.66. The second kappa shape index (κ2) is 6.29. The normalized spacial score (nSPS) is 23.0. The van der Waals surface area contributed by atoms with Crippen LogP contribution in [0.5, 0.6) is 0 Å². The van der Waals surface area contributed by atoms with Crippen molar-refractivity contribution in [2.24, 2.45) is 5.92 Å². The van der Waals surface area contributed by atoms with E-state index < -0.39 is 11.9 Å². The summed E-state index contributed by atoms with van der Waals surface area (Å²) in [5.41, 5.74) is 3.19. The second-order valence-corrected chi connectivity index (χ2v) is 5.75. The molecule has 1 aromatic carbocycles. The van der Waals surface area contributed by atoms with E-state index in [1.54, 1.807) is 4.90 Å². The average molecular weight is 289 g/mol. The van der Waals surface area contributed by atoms with Gasteiger partial charge < -0.3 is 10.0 Å². The molecular weight excluding hydrogens is 266 g/mol. The van der Waals surface area contributed by atoms with E-state index >= 15 is 0 Å². The fourth-order valence-corrected chi connectivity index (χ4v) is 3.26. The highest BCUT2D eigenvalue weighted by atomic mass is 16.4. The number of hydrogen-bond donors (Lipinski definition) is 1. The van der Waals surface area contributed by atoms with Gasteiger partial charge in [0.15, 0.2) is 0 Å². The third-order valence-corrected chi connectivity index (χ3v) is 4.57. The minimum atomic E-state index is -0.811. The first-order valence-electron chi connectivity index (χ1n) is 7.55. The van der Waals surface area contributed by atoms with Crippen LogP contribution in [0.3, 0.4) is 0 Å². The standard InChI is InChI=1S/C17H23NO3/c1-4-18-15(19)10-6-9-14(17(20)21)16(18)13-8-5-7-11(2)12(13)3/h5,7-8,14,16H,4,6,9-10H2,1-3H3,(H,20,21). The zero-order chi connectivity index (χ0) is 15.6. The Morgan fingerprint density at radius 3 is 2.71 bits per heavy atom. The van der Waals surface area contributed by atoms with Crippen molar-refractivity contribution in [2.75, 3.05) is 6.54 Å². The van der Waals surface area contributed by atoms with Gasteiger partial charge in [-0.1, -0.05) is 18.2 Å². The first-order valence-corrected chi connectivity index (χ1v) is 7.55. The van der Waals surface area contributed by atoms with Crippen molar-refractivity contribution in [3.8, 4) is 0 Å². The van der Waals surface area contributed by atoms with Gasteiger partial charge in [-0.2, -0.15) is 0 Å². The maximum absolute atomic E-state index is 12.3. The van der Waals surface area contributed by atoms with Crippen molar-refractivity contribution in [1.29, 1.82) is 0 Å². The number of carbonyl (C=O) groups is 2. The lowest BCUT2D eigenvalue weighted by molar-refractivity contribution is -0.146. The van der Waals surface area contributed by atoms with E-state index in [-0.39, 0.29) is 11.9 Å². The molecule has 1 N–H and O–H groups in total. The number of likely N-dealkylation sites (tertiary alicyclic amines) is 1. The van der Waals surface area contributed by atoms with E-state index in [9.17, 15) is 14.7 Å². The van der Waals surface area contributed by atoms with Crippen LogP contribution >= 0.6 is 0 Å². The molecule has 1 heterocycles. The van der Waals surface area contributed by atoms with Gasteiger partial charge in [0.25, 0.3) is 0 Å². The molecule has 2 unspecified atom stereocenters. The van der Waals surface area contributed by atoms with Crippen LogP contribution in [0.25, 0.3) is 0 Å². The number of hydrogen-bond acceptors (Lipinski definition) is 2. The first-order chi connectivity index (χ1) is 9.97. The molecule has 0 spiro atoms. The summed E-state index contributed by atoms with van der Waals surface area (Å²) in [5, 5.41) is 9.62. The largest absolute Gasteiger partial charge is 0.481 e. The summed E-state index contributed by atoms with van der Waals surface area (Å²) >= 11 is 0. The van der Waals surface area contributed by atoms with Crippen LogP contribution in [0.15, 0.2) is 18.2 Å². The minimum absolute atomic E-state index is 0.0622. The van der Waals surface area contributed by atoms with Crippen LogP contribution in [0.2, 0.25) is 0 Å². The molecule has 0 saturated carbocycles. The number of carboxylic acid groups (broad SMARTS) is 1. The average Bonchev–Trinajstić information content (AvgIpc) is 2.60. The van der Waals surface area contributed by atoms with E-state index in [4.69, 9.17) is 0 Å².